The number of nitrogen functional groups attached to an aromatic ring is 1. The van der Waals surface area contributed by atoms with Crippen LogP contribution in [-0.2, 0) is 10.3 Å². The number of para-hydroxylation sites is 1. The summed E-state index contributed by atoms with van der Waals surface area (Å²) in [7, 11) is 0. The molecule has 0 radical (unpaired) electrons. The second-order valence-electron chi connectivity index (χ2n) is 5.16. The van der Waals surface area contributed by atoms with Crippen molar-refractivity contribution in [2.75, 3.05) is 12.3 Å². The molecule has 20 heavy (non-hydrogen) atoms. The number of nitrogens with zero attached hydrogens (tertiary/aromatic N) is 2. The third-order valence-corrected chi connectivity index (χ3v) is 3.65. The van der Waals surface area contributed by atoms with Crippen LogP contribution in [0.2, 0.25) is 0 Å². The Bertz CT molecular complexity index is 621. The second kappa shape index (κ2) is 4.86. The SMILES string of the molecule is CC1(c2noc(-c3cccc(F)c3N)n2)CCCCO1. The molecule has 1 aliphatic heterocycles. The van der Waals surface area contributed by atoms with Crippen molar-refractivity contribution in [3.63, 3.8) is 0 Å². The molecule has 0 aliphatic carbocycles. The van der Waals surface area contributed by atoms with Gasteiger partial charge < -0.3 is 15.0 Å². The smallest absolute Gasteiger partial charge is 0.260 e. The van der Waals surface area contributed by atoms with Crippen LogP contribution in [0.1, 0.15) is 32.0 Å². The minimum atomic E-state index is -0.540. The highest BCUT2D eigenvalue weighted by atomic mass is 19.1. The molecule has 0 spiro atoms. The average Bonchev–Trinajstić information content (AvgIpc) is 2.93. The van der Waals surface area contributed by atoms with E-state index in [-0.39, 0.29) is 11.6 Å². The molecule has 5 nitrogen and oxygen atoms in total. The molecule has 0 amide bonds. The molecule has 1 aliphatic rings. The number of nitrogens with two attached hydrogens (primary N) is 1. The summed E-state index contributed by atoms with van der Waals surface area (Å²) in [5.74, 6) is 0.200. The third-order valence-electron chi connectivity index (χ3n) is 3.65. The van der Waals surface area contributed by atoms with Gasteiger partial charge in [0.2, 0.25) is 5.82 Å². The maximum atomic E-state index is 13.5. The highest BCUT2D eigenvalue weighted by molar-refractivity contribution is 5.70. The summed E-state index contributed by atoms with van der Waals surface area (Å²) < 4.78 is 24.4. The van der Waals surface area contributed by atoms with Crippen LogP contribution in [0, 0.1) is 5.82 Å². The average molecular weight is 277 g/mol. The predicted molar refractivity (Wildman–Crippen MR) is 71.3 cm³/mol. The monoisotopic (exact) mass is 277 g/mol. The molecule has 1 atom stereocenters. The van der Waals surface area contributed by atoms with Gasteiger partial charge in [0, 0.05) is 6.61 Å². The molecule has 0 bridgehead atoms. The highest BCUT2D eigenvalue weighted by Crippen LogP contribution is 2.34. The Labute approximate surface area is 115 Å². The minimum absolute atomic E-state index is 0.0115. The van der Waals surface area contributed by atoms with E-state index in [0.29, 0.717) is 18.0 Å². The molecule has 106 valence electrons. The predicted octanol–water partition coefficient (Wildman–Crippen LogP) is 2.87. The maximum Gasteiger partial charge on any atom is 0.260 e. The van der Waals surface area contributed by atoms with Crippen molar-refractivity contribution in [2.45, 2.75) is 31.8 Å². The number of hydrogen-bond donors (Lipinski definition) is 1. The Kier molecular flexibility index (Phi) is 3.17. The van der Waals surface area contributed by atoms with E-state index in [1.54, 1.807) is 12.1 Å². The Hall–Kier alpha value is -1.95. The fourth-order valence-corrected chi connectivity index (χ4v) is 2.38. The molecular formula is C14H16FN3O2. The molecule has 1 saturated heterocycles. The summed E-state index contributed by atoms with van der Waals surface area (Å²) in [5, 5.41) is 3.97. The summed E-state index contributed by atoms with van der Waals surface area (Å²) in [5.41, 5.74) is 5.58. The molecule has 1 fully saturated rings. The summed E-state index contributed by atoms with van der Waals surface area (Å²) in [6, 6.07) is 4.51. The Balaban J connectivity index is 1.96. The molecule has 0 saturated carbocycles. The van der Waals surface area contributed by atoms with Gasteiger partial charge in [0.1, 0.15) is 11.4 Å². The fraction of sp³-hybridized carbons (Fsp3) is 0.429. The van der Waals surface area contributed by atoms with Gasteiger partial charge in [0.25, 0.3) is 5.89 Å². The molecule has 2 aromatic rings. The Morgan fingerprint density at radius 2 is 2.20 bits per heavy atom. The number of hydrogen-bond acceptors (Lipinski definition) is 5. The van der Waals surface area contributed by atoms with E-state index >= 15 is 0 Å². The van der Waals surface area contributed by atoms with Gasteiger partial charge in [0.05, 0.1) is 11.3 Å². The van der Waals surface area contributed by atoms with Crippen molar-refractivity contribution in [3.05, 3.63) is 29.8 Å². The topological polar surface area (TPSA) is 74.2 Å². The maximum absolute atomic E-state index is 13.5. The molecule has 2 heterocycles. The van der Waals surface area contributed by atoms with E-state index in [1.165, 1.54) is 6.07 Å². The van der Waals surface area contributed by atoms with E-state index in [0.717, 1.165) is 19.3 Å². The first-order chi connectivity index (χ1) is 9.60. The van der Waals surface area contributed by atoms with Crippen molar-refractivity contribution in [2.24, 2.45) is 0 Å². The van der Waals surface area contributed by atoms with Crippen molar-refractivity contribution >= 4 is 5.69 Å². The lowest BCUT2D eigenvalue weighted by Crippen LogP contribution is -2.31. The van der Waals surface area contributed by atoms with E-state index in [2.05, 4.69) is 10.1 Å². The van der Waals surface area contributed by atoms with Crippen molar-refractivity contribution in [1.82, 2.24) is 10.1 Å². The second-order valence-corrected chi connectivity index (χ2v) is 5.16. The zero-order valence-corrected chi connectivity index (χ0v) is 11.2. The number of aromatic nitrogens is 2. The molecule has 3 rings (SSSR count). The highest BCUT2D eigenvalue weighted by Gasteiger charge is 2.35. The van der Waals surface area contributed by atoms with Gasteiger partial charge in [-0.2, -0.15) is 4.98 Å². The molecule has 6 heteroatoms. The Morgan fingerprint density at radius 1 is 1.35 bits per heavy atom. The number of halogens is 1. The molecule has 1 aromatic carbocycles. The summed E-state index contributed by atoms with van der Waals surface area (Å²) in [6.07, 6.45) is 2.93. The van der Waals surface area contributed by atoms with Crippen LogP contribution in [0.3, 0.4) is 0 Å². The van der Waals surface area contributed by atoms with Crippen LogP contribution >= 0.6 is 0 Å². The van der Waals surface area contributed by atoms with Crippen molar-refractivity contribution in [3.8, 4) is 11.5 Å². The van der Waals surface area contributed by atoms with Gasteiger partial charge >= 0.3 is 0 Å². The first-order valence-corrected chi connectivity index (χ1v) is 6.63. The van der Waals surface area contributed by atoms with Gasteiger partial charge in [0.15, 0.2) is 0 Å². The van der Waals surface area contributed by atoms with Crippen LogP contribution in [0.25, 0.3) is 11.5 Å². The first-order valence-electron chi connectivity index (χ1n) is 6.63. The standard InChI is InChI=1S/C14H16FN3O2/c1-14(7-2-3-8-19-14)13-17-12(20-18-13)9-5-4-6-10(15)11(9)16/h4-6H,2-3,7-8,16H2,1H3. The lowest BCUT2D eigenvalue weighted by atomic mass is 9.95. The largest absolute Gasteiger partial charge is 0.396 e. The van der Waals surface area contributed by atoms with Gasteiger partial charge in [-0.3, -0.25) is 0 Å². The van der Waals surface area contributed by atoms with Crippen molar-refractivity contribution in [1.29, 1.82) is 0 Å². The molecule has 1 aromatic heterocycles. The van der Waals surface area contributed by atoms with E-state index < -0.39 is 11.4 Å². The summed E-state index contributed by atoms with van der Waals surface area (Å²) in [6.45, 7) is 2.62. The number of benzene rings is 1. The number of ether oxygens (including phenoxy) is 1. The van der Waals surface area contributed by atoms with Crippen LogP contribution in [0.5, 0.6) is 0 Å². The number of rotatable bonds is 2. The van der Waals surface area contributed by atoms with E-state index in [1.807, 2.05) is 6.92 Å². The van der Waals surface area contributed by atoms with Gasteiger partial charge in [-0.25, -0.2) is 4.39 Å². The summed E-state index contributed by atoms with van der Waals surface area (Å²) in [4.78, 5) is 4.33. The zero-order valence-electron chi connectivity index (χ0n) is 11.2. The Morgan fingerprint density at radius 3 is 2.95 bits per heavy atom. The lowest BCUT2D eigenvalue weighted by molar-refractivity contribution is -0.0770. The van der Waals surface area contributed by atoms with Crippen molar-refractivity contribution < 1.29 is 13.7 Å². The molecular weight excluding hydrogens is 261 g/mol. The normalized spacial score (nSPS) is 22.9. The van der Waals surface area contributed by atoms with E-state index in [4.69, 9.17) is 15.0 Å². The van der Waals surface area contributed by atoms with Crippen LogP contribution < -0.4 is 5.73 Å². The van der Waals surface area contributed by atoms with Crippen LogP contribution in [0.4, 0.5) is 10.1 Å². The summed E-state index contributed by atoms with van der Waals surface area (Å²) >= 11 is 0. The van der Waals surface area contributed by atoms with E-state index in [9.17, 15) is 4.39 Å². The quantitative estimate of drug-likeness (QED) is 0.854. The lowest BCUT2D eigenvalue weighted by Gasteiger charge is -2.30. The molecule has 1 unspecified atom stereocenters. The van der Waals surface area contributed by atoms with Gasteiger partial charge in [-0.05, 0) is 38.3 Å². The van der Waals surface area contributed by atoms with Gasteiger partial charge in [-0.15, -0.1) is 0 Å². The van der Waals surface area contributed by atoms with Crippen LogP contribution in [-0.4, -0.2) is 16.7 Å². The third kappa shape index (κ3) is 2.16. The molecule has 2 N–H and O–H groups in total. The van der Waals surface area contributed by atoms with Crippen LogP contribution in [0.15, 0.2) is 22.7 Å². The first kappa shape index (κ1) is 13.1. The minimum Gasteiger partial charge on any atom is -0.396 e. The number of anilines is 1. The van der Waals surface area contributed by atoms with Gasteiger partial charge in [-0.1, -0.05) is 11.2 Å². The zero-order chi connectivity index (χ0) is 14.2. The fourth-order valence-electron chi connectivity index (χ4n) is 2.38.